The van der Waals surface area contributed by atoms with Crippen LogP contribution in [0.5, 0.6) is 0 Å². The quantitative estimate of drug-likeness (QED) is 0.942. The van der Waals surface area contributed by atoms with Gasteiger partial charge in [0.2, 0.25) is 5.91 Å². The summed E-state index contributed by atoms with van der Waals surface area (Å²) in [6.07, 6.45) is 5.06. The molecule has 2 aromatic rings. The molecule has 1 N–H and O–H groups in total. The van der Waals surface area contributed by atoms with Gasteiger partial charge in [0, 0.05) is 0 Å². The summed E-state index contributed by atoms with van der Waals surface area (Å²) in [5, 5.41) is 10.5. The van der Waals surface area contributed by atoms with Gasteiger partial charge in [-0.05, 0) is 56.2 Å². The van der Waals surface area contributed by atoms with Crippen LogP contribution in [0, 0.1) is 6.92 Å². The van der Waals surface area contributed by atoms with Crippen LogP contribution in [0.15, 0.2) is 22.8 Å². The molecular formula is C17H21N3O2. The van der Waals surface area contributed by atoms with Crippen LogP contribution in [0.25, 0.3) is 0 Å². The molecule has 0 saturated heterocycles. The maximum atomic E-state index is 12.1. The summed E-state index contributed by atoms with van der Waals surface area (Å²) in [5.74, 6) is -0.0657. The number of nitrogens with one attached hydrogen (secondary N) is 1. The number of fused-ring (bicyclic) bond motifs is 1. The third-order valence-electron chi connectivity index (χ3n) is 4.32. The number of rotatable bonds is 4. The van der Waals surface area contributed by atoms with E-state index < -0.39 is 0 Å². The van der Waals surface area contributed by atoms with Crippen LogP contribution in [0.3, 0.4) is 0 Å². The molecule has 22 heavy (non-hydrogen) atoms. The highest BCUT2D eigenvalue weighted by Crippen LogP contribution is 2.24. The van der Waals surface area contributed by atoms with Crippen molar-refractivity contribution >= 4 is 5.91 Å². The second-order valence-corrected chi connectivity index (χ2v) is 6.00. The molecule has 3 rings (SSSR count). The van der Waals surface area contributed by atoms with E-state index in [-0.39, 0.29) is 18.4 Å². The van der Waals surface area contributed by atoms with Crippen LogP contribution in [-0.2, 0) is 24.1 Å². The summed E-state index contributed by atoms with van der Waals surface area (Å²) in [4.78, 5) is 12.1. The summed E-state index contributed by atoms with van der Waals surface area (Å²) >= 11 is 0. The number of carbonyl (C=O) groups excluding carboxylic acids is 1. The fraction of sp³-hybridized carbons (Fsp3) is 0.471. The molecule has 0 bridgehead atoms. The third-order valence-corrected chi connectivity index (χ3v) is 4.32. The first-order valence-corrected chi connectivity index (χ1v) is 7.82. The van der Waals surface area contributed by atoms with Crippen molar-refractivity contribution in [3.8, 4) is 0 Å². The molecule has 0 fully saturated rings. The summed E-state index contributed by atoms with van der Waals surface area (Å²) < 4.78 is 4.62. The lowest BCUT2D eigenvalue weighted by Crippen LogP contribution is -2.28. The van der Waals surface area contributed by atoms with Gasteiger partial charge < -0.3 is 5.32 Å². The minimum Gasteiger partial charge on any atom is -0.349 e. The van der Waals surface area contributed by atoms with Crippen LogP contribution in [0.2, 0.25) is 0 Å². The van der Waals surface area contributed by atoms with Crippen molar-refractivity contribution in [3.05, 3.63) is 46.3 Å². The number of nitrogens with zero attached hydrogens (tertiary/aromatic N) is 2. The molecule has 5 heteroatoms. The summed E-state index contributed by atoms with van der Waals surface area (Å²) in [7, 11) is 0. The minimum atomic E-state index is -0.0657. The Morgan fingerprint density at radius 1 is 1.27 bits per heavy atom. The molecule has 1 aliphatic carbocycles. The maximum Gasteiger partial charge on any atom is 0.226 e. The molecular weight excluding hydrogens is 278 g/mol. The van der Waals surface area contributed by atoms with Gasteiger partial charge in [0.25, 0.3) is 0 Å². The standard InChI is InChI=1S/C17H21N3O2/c1-11(18-17(21)10-16-12(2)19-22-20-16)14-8-7-13-5-3-4-6-15(13)9-14/h7-9,11H,3-6,10H2,1-2H3,(H,18,21)/t11-/m0/s1. The summed E-state index contributed by atoms with van der Waals surface area (Å²) in [5.41, 5.74) is 5.30. The van der Waals surface area contributed by atoms with Gasteiger partial charge in [0.1, 0.15) is 11.4 Å². The number of hydrogen-bond acceptors (Lipinski definition) is 4. The van der Waals surface area contributed by atoms with Crippen molar-refractivity contribution in [1.82, 2.24) is 15.6 Å². The Balaban J connectivity index is 1.65. The molecule has 0 saturated carbocycles. The molecule has 0 spiro atoms. The molecule has 1 amide bonds. The van der Waals surface area contributed by atoms with Crippen LogP contribution in [-0.4, -0.2) is 16.2 Å². The average Bonchev–Trinajstić information content (AvgIpc) is 2.91. The van der Waals surface area contributed by atoms with E-state index in [9.17, 15) is 4.79 Å². The first kappa shape index (κ1) is 14.8. The lowest BCUT2D eigenvalue weighted by molar-refractivity contribution is -0.121. The molecule has 1 heterocycles. The van der Waals surface area contributed by atoms with E-state index in [4.69, 9.17) is 0 Å². The Bertz CT molecular complexity index is 678. The van der Waals surface area contributed by atoms with E-state index in [2.05, 4.69) is 38.5 Å². The van der Waals surface area contributed by atoms with E-state index >= 15 is 0 Å². The van der Waals surface area contributed by atoms with Gasteiger partial charge in [0.15, 0.2) is 0 Å². The van der Waals surface area contributed by atoms with E-state index in [1.807, 2.05) is 6.92 Å². The second-order valence-electron chi connectivity index (χ2n) is 6.00. The fourth-order valence-corrected chi connectivity index (χ4v) is 2.96. The van der Waals surface area contributed by atoms with Crippen molar-refractivity contribution < 1.29 is 9.42 Å². The molecule has 0 radical (unpaired) electrons. The Morgan fingerprint density at radius 2 is 2.05 bits per heavy atom. The maximum absolute atomic E-state index is 12.1. The van der Waals surface area contributed by atoms with E-state index in [0.717, 1.165) is 12.0 Å². The summed E-state index contributed by atoms with van der Waals surface area (Å²) in [6, 6.07) is 6.55. The third kappa shape index (κ3) is 3.18. The molecule has 0 unspecified atom stereocenters. The first-order valence-electron chi connectivity index (χ1n) is 7.82. The normalized spacial score (nSPS) is 15.2. The van der Waals surface area contributed by atoms with Gasteiger partial charge in [-0.3, -0.25) is 4.79 Å². The minimum absolute atomic E-state index is 0.0140. The smallest absolute Gasteiger partial charge is 0.226 e. The van der Waals surface area contributed by atoms with Crippen molar-refractivity contribution in [3.63, 3.8) is 0 Å². The van der Waals surface area contributed by atoms with Gasteiger partial charge in [-0.2, -0.15) is 0 Å². The van der Waals surface area contributed by atoms with Crippen molar-refractivity contribution in [2.24, 2.45) is 0 Å². The number of amides is 1. The SMILES string of the molecule is Cc1nonc1CC(=O)N[C@@H](C)c1ccc2c(c1)CCCC2. The molecule has 1 aliphatic rings. The van der Waals surface area contributed by atoms with Crippen LogP contribution in [0.4, 0.5) is 0 Å². The second kappa shape index (κ2) is 6.30. The molecule has 1 aromatic heterocycles. The topological polar surface area (TPSA) is 68.0 Å². The Kier molecular flexibility index (Phi) is 4.22. The molecule has 0 aliphatic heterocycles. The van der Waals surface area contributed by atoms with Gasteiger partial charge in [-0.25, -0.2) is 4.63 Å². The zero-order valence-corrected chi connectivity index (χ0v) is 13.1. The van der Waals surface area contributed by atoms with Crippen LogP contribution < -0.4 is 5.32 Å². The summed E-state index contributed by atoms with van der Waals surface area (Å²) in [6.45, 7) is 3.79. The molecule has 1 atom stereocenters. The number of carbonyl (C=O) groups is 1. The van der Waals surface area contributed by atoms with Crippen LogP contribution >= 0.6 is 0 Å². The molecule has 116 valence electrons. The lowest BCUT2D eigenvalue weighted by Gasteiger charge is -2.20. The van der Waals surface area contributed by atoms with E-state index in [0.29, 0.717) is 11.4 Å². The van der Waals surface area contributed by atoms with Crippen molar-refractivity contribution in [2.75, 3.05) is 0 Å². The van der Waals surface area contributed by atoms with Gasteiger partial charge in [-0.15, -0.1) is 0 Å². The van der Waals surface area contributed by atoms with Gasteiger partial charge in [0.05, 0.1) is 12.5 Å². The fourth-order valence-electron chi connectivity index (χ4n) is 2.96. The zero-order valence-electron chi connectivity index (χ0n) is 13.1. The Labute approximate surface area is 130 Å². The average molecular weight is 299 g/mol. The predicted octanol–water partition coefficient (Wildman–Crippen LogP) is 2.68. The van der Waals surface area contributed by atoms with E-state index in [1.165, 1.54) is 30.4 Å². The highest BCUT2D eigenvalue weighted by molar-refractivity contribution is 5.78. The highest BCUT2D eigenvalue weighted by Gasteiger charge is 2.16. The largest absolute Gasteiger partial charge is 0.349 e. The molecule has 5 nitrogen and oxygen atoms in total. The number of aromatic nitrogens is 2. The number of hydrogen-bond donors (Lipinski definition) is 1. The van der Waals surface area contributed by atoms with Crippen molar-refractivity contribution in [2.45, 2.75) is 52.0 Å². The van der Waals surface area contributed by atoms with Gasteiger partial charge in [-0.1, -0.05) is 28.5 Å². The van der Waals surface area contributed by atoms with Gasteiger partial charge >= 0.3 is 0 Å². The van der Waals surface area contributed by atoms with Crippen LogP contribution in [0.1, 0.15) is 53.9 Å². The first-order chi connectivity index (χ1) is 10.6. The Morgan fingerprint density at radius 3 is 2.77 bits per heavy atom. The number of benzene rings is 1. The monoisotopic (exact) mass is 299 g/mol. The zero-order chi connectivity index (χ0) is 15.5. The number of aryl methyl sites for hydroxylation is 3. The highest BCUT2D eigenvalue weighted by atomic mass is 16.6. The lowest BCUT2D eigenvalue weighted by atomic mass is 9.89. The van der Waals surface area contributed by atoms with E-state index in [1.54, 1.807) is 6.92 Å². The molecule has 1 aromatic carbocycles. The Hall–Kier alpha value is -2.17. The van der Waals surface area contributed by atoms with Crippen molar-refractivity contribution in [1.29, 1.82) is 0 Å². The predicted molar refractivity (Wildman–Crippen MR) is 82.4 cm³/mol.